The molecule has 0 spiro atoms. The van der Waals surface area contributed by atoms with Gasteiger partial charge in [0, 0.05) is 11.8 Å². The highest BCUT2D eigenvalue weighted by atomic mass is 16.5. The first-order valence-corrected chi connectivity index (χ1v) is 6.13. The Hall–Kier alpha value is -2.95. The molecule has 1 aliphatic heterocycles. The summed E-state index contributed by atoms with van der Waals surface area (Å²) in [6, 6.07) is 12.0. The van der Waals surface area contributed by atoms with Gasteiger partial charge in [0.25, 0.3) is 0 Å². The molecule has 20 heavy (non-hydrogen) atoms. The second-order valence-corrected chi connectivity index (χ2v) is 4.72. The van der Waals surface area contributed by atoms with Crippen LogP contribution in [-0.4, -0.2) is 19.4 Å². The van der Waals surface area contributed by atoms with Crippen molar-refractivity contribution in [1.82, 2.24) is 9.13 Å². The van der Waals surface area contributed by atoms with Gasteiger partial charge in [0.15, 0.2) is 11.4 Å². The molecule has 0 unspecified atom stereocenters. The summed E-state index contributed by atoms with van der Waals surface area (Å²) in [5.41, 5.74) is 2.87. The van der Waals surface area contributed by atoms with Crippen molar-refractivity contribution < 1.29 is 10.3 Å². The van der Waals surface area contributed by atoms with Gasteiger partial charge in [0.05, 0.1) is 5.52 Å². The number of phenols is 1. The average molecular weight is 266 g/mol. The monoisotopic (exact) mass is 266 g/mol. The maximum absolute atomic E-state index is 11.5. The molecule has 2 N–H and O–H groups in total. The van der Waals surface area contributed by atoms with Gasteiger partial charge in [-0.15, -0.1) is 0 Å². The van der Waals surface area contributed by atoms with Gasteiger partial charge in [0.1, 0.15) is 5.52 Å². The Morgan fingerprint density at radius 1 is 1.00 bits per heavy atom. The fourth-order valence-corrected chi connectivity index (χ4v) is 2.64. The predicted octanol–water partition coefficient (Wildman–Crippen LogP) is 2.30. The molecule has 0 radical (unpaired) electrons. The third-order valence-corrected chi connectivity index (χ3v) is 3.57. The molecule has 1 aromatic heterocycles. The van der Waals surface area contributed by atoms with Crippen molar-refractivity contribution >= 4 is 16.7 Å². The smallest absolute Gasteiger partial charge is 0.220 e. The molecular weight excluding hydrogens is 256 g/mol. The van der Waals surface area contributed by atoms with Crippen LogP contribution in [-0.2, 0) is 0 Å². The fraction of sp³-hybridized carbons (Fsp3) is 0. The number of pyridine rings is 1. The molecule has 98 valence electrons. The van der Waals surface area contributed by atoms with Crippen LogP contribution in [0.1, 0.15) is 0 Å². The molecule has 0 saturated carbocycles. The van der Waals surface area contributed by atoms with Crippen molar-refractivity contribution in [3.63, 3.8) is 0 Å². The largest absolute Gasteiger partial charge is 0.504 e. The number of nitrogens with zero attached hydrogens (tertiary/aromatic N) is 2. The van der Waals surface area contributed by atoms with Gasteiger partial charge in [-0.3, -0.25) is 9.20 Å². The second-order valence-electron chi connectivity index (χ2n) is 4.72. The summed E-state index contributed by atoms with van der Waals surface area (Å²) in [4.78, 5) is 11.5. The number of imidazole rings is 1. The van der Waals surface area contributed by atoms with E-state index in [0.29, 0.717) is 22.3 Å². The van der Waals surface area contributed by atoms with Crippen LogP contribution in [0.3, 0.4) is 0 Å². The Labute approximate surface area is 112 Å². The van der Waals surface area contributed by atoms with Crippen LogP contribution >= 0.6 is 0 Å². The van der Waals surface area contributed by atoms with E-state index in [0.717, 1.165) is 10.2 Å². The lowest BCUT2D eigenvalue weighted by molar-refractivity contribution is 0.211. The Morgan fingerprint density at radius 3 is 2.55 bits per heavy atom. The molecule has 0 fully saturated rings. The van der Waals surface area contributed by atoms with Crippen molar-refractivity contribution in [2.75, 3.05) is 0 Å². The summed E-state index contributed by atoms with van der Waals surface area (Å²) < 4.78 is 2.89. The van der Waals surface area contributed by atoms with Crippen molar-refractivity contribution in [2.45, 2.75) is 0 Å². The quantitative estimate of drug-likeness (QED) is 0.480. The summed E-state index contributed by atoms with van der Waals surface area (Å²) in [6.07, 6.45) is 1.79. The van der Waals surface area contributed by atoms with Gasteiger partial charge in [-0.05, 0) is 35.9 Å². The van der Waals surface area contributed by atoms with Gasteiger partial charge in [0.2, 0.25) is 5.43 Å². The first-order chi connectivity index (χ1) is 9.66. The average Bonchev–Trinajstić information content (AvgIpc) is 2.75. The van der Waals surface area contributed by atoms with Crippen LogP contribution in [0.2, 0.25) is 0 Å². The zero-order valence-electron chi connectivity index (χ0n) is 10.3. The van der Waals surface area contributed by atoms with E-state index in [-0.39, 0.29) is 5.75 Å². The summed E-state index contributed by atoms with van der Waals surface area (Å²) in [5, 5.41) is 20.0. The van der Waals surface area contributed by atoms with Crippen LogP contribution in [0.4, 0.5) is 0 Å². The molecule has 2 aromatic rings. The normalized spacial score (nSPS) is 11.6. The number of benzene rings is 2. The van der Waals surface area contributed by atoms with Gasteiger partial charge in [-0.25, -0.2) is 0 Å². The van der Waals surface area contributed by atoms with E-state index in [9.17, 15) is 15.1 Å². The van der Waals surface area contributed by atoms with E-state index in [1.54, 1.807) is 18.3 Å². The minimum atomic E-state index is -0.428. The molecule has 1 aromatic carbocycles. The molecule has 2 aliphatic rings. The van der Waals surface area contributed by atoms with Crippen LogP contribution < -0.4 is 5.43 Å². The highest BCUT2D eigenvalue weighted by Gasteiger charge is 2.16. The Bertz CT molecular complexity index is 997. The number of rotatable bonds is 0. The molecule has 4 rings (SSSR count). The molecule has 2 heterocycles. The first kappa shape index (κ1) is 10.9. The number of hydrogen-bond donors (Lipinski definition) is 2. The maximum Gasteiger partial charge on any atom is 0.220 e. The minimum Gasteiger partial charge on any atom is -0.504 e. The lowest BCUT2D eigenvalue weighted by atomic mass is 10.1. The van der Waals surface area contributed by atoms with E-state index in [2.05, 4.69) is 0 Å². The SMILES string of the molecule is O=c1cc2ccn3c4ccccc4n(O)c3c-2cc1O. The summed E-state index contributed by atoms with van der Waals surface area (Å²) in [6.45, 7) is 0. The Kier molecular flexibility index (Phi) is 1.93. The molecule has 5 nitrogen and oxygen atoms in total. The number of aromatic hydroxyl groups is 1. The van der Waals surface area contributed by atoms with E-state index >= 15 is 0 Å². The van der Waals surface area contributed by atoms with Gasteiger partial charge in [-0.1, -0.05) is 12.1 Å². The Morgan fingerprint density at radius 2 is 1.75 bits per heavy atom. The lowest BCUT2D eigenvalue weighted by Gasteiger charge is -2.08. The van der Waals surface area contributed by atoms with Crippen LogP contribution in [0, 0.1) is 0 Å². The van der Waals surface area contributed by atoms with Crippen molar-refractivity contribution in [2.24, 2.45) is 0 Å². The predicted molar refractivity (Wildman–Crippen MR) is 74.6 cm³/mol. The number of para-hydroxylation sites is 2. The van der Waals surface area contributed by atoms with Crippen LogP contribution in [0.15, 0.2) is 53.5 Å². The summed E-state index contributed by atoms with van der Waals surface area (Å²) >= 11 is 0. The summed E-state index contributed by atoms with van der Waals surface area (Å²) in [5.74, 6) is -0.323. The molecule has 5 heteroatoms. The topological polar surface area (TPSA) is 66.9 Å². The van der Waals surface area contributed by atoms with E-state index in [1.807, 2.05) is 22.6 Å². The number of hydrogen-bond acceptors (Lipinski definition) is 3. The molecular formula is C15H10N2O3. The maximum atomic E-state index is 11.5. The molecule has 0 bridgehead atoms. The number of phenolic OH excluding ortho intramolecular Hbond substituents is 1. The third kappa shape index (κ3) is 1.23. The van der Waals surface area contributed by atoms with E-state index < -0.39 is 5.43 Å². The second kappa shape index (κ2) is 3.54. The van der Waals surface area contributed by atoms with Crippen molar-refractivity contribution in [3.8, 4) is 16.9 Å². The molecule has 0 atom stereocenters. The van der Waals surface area contributed by atoms with Crippen molar-refractivity contribution in [1.29, 1.82) is 0 Å². The van der Waals surface area contributed by atoms with Crippen LogP contribution in [0.25, 0.3) is 27.8 Å². The lowest BCUT2D eigenvalue weighted by Crippen LogP contribution is -2.03. The zero-order chi connectivity index (χ0) is 13.9. The fourth-order valence-electron chi connectivity index (χ4n) is 2.64. The van der Waals surface area contributed by atoms with Gasteiger partial charge >= 0.3 is 0 Å². The number of fused-ring (bicyclic) bond motifs is 5. The molecule has 0 saturated heterocycles. The third-order valence-electron chi connectivity index (χ3n) is 3.57. The number of aromatic nitrogens is 2. The summed E-state index contributed by atoms with van der Waals surface area (Å²) in [7, 11) is 0. The zero-order valence-corrected chi connectivity index (χ0v) is 10.3. The molecule has 0 amide bonds. The van der Waals surface area contributed by atoms with E-state index in [1.165, 1.54) is 12.1 Å². The minimum absolute atomic E-state index is 0.323. The van der Waals surface area contributed by atoms with Gasteiger partial charge in [-0.2, -0.15) is 4.73 Å². The highest BCUT2D eigenvalue weighted by Crippen LogP contribution is 2.31. The van der Waals surface area contributed by atoms with Gasteiger partial charge < -0.3 is 10.3 Å². The van der Waals surface area contributed by atoms with E-state index in [4.69, 9.17) is 0 Å². The van der Waals surface area contributed by atoms with Crippen LogP contribution in [0.5, 0.6) is 5.75 Å². The Balaban J connectivity index is 2.33. The first-order valence-electron chi connectivity index (χ1n) is 6.13. The van der Waals surface area contributed by atoms with Crippen molar-refractivity contribution in [3.05, 3.63) is 58.9 Å². The highest BCUT2D eigenvalue weighted by molar-refractivity contribution is 5.89. The standard InChI is InChI=1S/C15H10N2O3/c18-13-7-9-5-6-16-11-3-1-2-4-12(11)17(20)15(16)10(9)8-14(13)19/h1-8,19-20H. The molecule has 1 aliphatic carbocycles.